The molecular formula is C20H25N5OS. The lowest BCUT2D eigenvalue weighted by Gasteiger charge is -2.32. The predicted molar refractivity (Wildman–Crippen MR) is 109 cm³/mol. The molecule has 1 fully saturated rings. The lowest BCUT2D eigenvalue weighted by Crippen LogP contribution is -2.52. The summed E-state index contributed by atoms with van der Waals surface area (Å²) in [4.78, 5) is 20.4. The van der Waals surface area contributed by atoms with Crippen molar-refractivity contribution in [2.45, 2.75) is 19.8 Å². The van der Waals surface area contributed by atoms with Gasteiger partial charge in [0, 0.05) is 49.0 Å². The Morgan fingerprint density at radius 3 is 2.63 bits per heavy atom. The van der Waals surface area contributed by atoms with Gasteiger partial charge in [-0.05, 0) is 19.0 Å². The van der Waals surface area contributed by atoms with Crippen LogP contribution in [-0.4, -0.2) is 58.4 Å². The molecule has 0 unspecified atom stereocenters. The van der Waals surface area contributed by atoms with E-state index in [1.54, 1.807) is 11.3 Å². The number of likely N-dealkylation sites (N-methyl/N-ethyl adjacent to an activating group) is 1. The van der Waals surface area contributed by atoms with E-state index in [0.29, 0.717) is 6.42 Å². The first-order valence-electron chi connectivity index (χ1n) is 9.40. The standard InChI is InChI=1S/C20H25N5OS/c1-3-15-4-6-16(7-5-15)18-13-25-17(14-27-20(25)21-18)12-19(26)22-24-10-8-23(2)9-11-24/h4-7,13-14H,3,8-12H2,1-2H3,(H,22,26). The molecule has 3 heterocycles. The molecule has 1 aliphatic heterocycles. The van der Waals surface area contributed by atoms with Crippen LogP contribution in [0.2, 0.25) is 0 Å². The van der Waals surface area contributed by atoms with Gasteiger partial charge >= 0.3 is 0 Å². The number of rotatable bonds is 5. The third-order valence-corrected chi connectivity index (χ3v) is 5.96. The minimum absolute atomic E-state index is 0.0294. The average molecular weight is 384 g/mol. The Labute approximate surface area is 163 Å². The Kier molecular flexibility index (Phi) is 5.24. The van der Waals surface area contributed by atoms with Crippen molar-refractivity contribution in [2.24, 2.45) is 0 Å². The summed E-state index contributed by atoms with van der Waals surface area (Å²) in [6.07, 6.45) is 3.42. The number of aromatic nitrogens is 2. The molecule has 0 spiro atoms. The molecule has 0 aliphatic carbocycles. The molecule has 6 nitrogen and oxygen atoms in total. The van der Waals surface area contributed by atoms with Gasteiger partial charge in [0.15, 0.2) is 4.96 Å². The van der Waals surface area contributed by atoms with Crippen molar-refractivity contribution in [1.82, 2.24) is 24.7 Å². The van der Waals surface area contributed by atoms with Crippen molar-refractivity contribution in [2.75, 3.05) is 33.2 Å². The van der Waals surface area contributed by atoms with E-state index in [2.05, 4.69) is 48.6 Å². The smallest absolute Gasteiger partial charge is 0.240 e. The van der Waals surface area contributed by atoms with Crippen LogP contribution in [0.1, 0.15) is 18.2 Å². The molecule has 0 atom stereocenters. The maximum Gasteiger partial charge on any atom is 0.240 e. The second kappa shape index (κ2) is 7.80. The summed E-state index contributed by atoms with van der Waals surface area (Å²) in [7, 11) is 2.10. The number of carbonyl (C=O) groups is 1. The van der Waals surface area contributed by atoms with E-state index >= 15 is 0 Å². The molecule has 0 bridgehead atoms. The third-order valence-electron chi connectivity index (χ3n) is 5.07. The molecule has 0 radical (unpaired) electrons. The van der Waals surface area contributed by atoms with Crippen LogP contribution in [0, 0.1) is 0 Å². The van der Waals surface area contributed by atoms with Crippen LogP contribution in [-0.2, 0) is 17.6 Å². The fraction of sp³-hybridized carbons (Fsp3) is 0.400. The van der Waals surface area contributed by atoms with Crippen LogP contribution in [0.4, 0.5) is 0 Å². The highest BCUT2D eigenvalue weighted by molar-refractivity contribution is 7.15. The van der Waals surface area contributed by atoms with Crippen LogP contribution < -0.4 is 5.43 Å². The quantitative estimate of drug-likeness (QED) is 0.735. The predicted octanol–water partition coefficient (Wildman–Crippen LogP) is 2.45. The van der Waals surface area contributed by atoms with Crippen molar-refractivity contribution >= 4 is 22.2 Å². The molecule has 1 amide bonds. The van der Waals surface area contributed by atoms with Gasteiger partial charge in [-0.3, -0.25) is 14.6 Å². The number of hydrogen-bond donors (Lipinski definition) is 1. The molecule has 0 saturated carbocycles. The number of hydrogen-bond acceptors (Lipinski definition) is 5. The number of piperazine rings is 1. The second-order valence-electron chi connectivity index (χ2n) is 7.06. The van der Waals surface area contributed by atoms with E-state index in [1.165, 1.54) is 5.56 Å². The topological polar surface area (TPSA) is 52.9 Å². The van der Waals surface area contributed by atoms with Crippen LogP contribution in [0.5, 0.6) is 0 Å². The zero-order valence-electron chi connectivity index (χ0n) is 15.8. The van der Waals surface area contributed by atoms with Crippen molar-refractivity contribution in [1.29, 1.82) is 0 Å². The van der Waals surface area contributed by atoms with E-state index in [0.717, 1.165) is 54.5 Å². The highest BCUT2D eigenvalue weighted by atomic mass is 32.1. The molecule has 7 heteroatoms. The van der Waals surface area contributed by atoms with E-state index in [1.807, 2.05) is 21.0 Å². The van der Waals surface area contributed by atoms with Gasteiger partial charge < -0.3 is 4.90 Å². The number of thiazole rings is 1. The summed E-state index contributed by atoms with van der Waals surface area (Å²) in [5.74, 6) is 0.0294. The van der Waals surface area contributed by atoms with E-state index in [4.69, 9.17) is 4.98 Å². The van der Waals surface area contributed by atoms with Gasteiger partial charge in [-0.1, -0.05) is 31.2 Å². The molecule has 1 saturated heterocycles. The molecule has 2 aromatic heterocycles. The third kappa shape index (κ3) is 4.05. The Balaban J connectivity index is 1.46. The largest absolute Gasteiger partial charge is 0.304 e. The van der Waals surface area contributed by atoms with Crippen molar-refractivity contribution in [3.05, 3.63) is 47.1 Å². The van der Waals surface area contributed by atoms with Gasteiger partial charge in [0.25, 0.3) is 0 Å². The van der Waals surface area contributed by atoms with Gasteiger partial charge in [-0.15, -0.1) is 11.3 Å². The summed E-state index contributed by atoms with van der Waals surface area (Å²) < 4.78 is 2.04. The van der Waals surface area contributed by atoms with Crippen molar-refractivity contribution in [3.8, 4) is 11.3 Å². The van der Waals surface area contributed by atoms with Gasteiger partial charge in [0.05, 0.1) is 12.1 Å². The first-order valence-corrected chi connectivity index (χ1v) is 10.3. The Hall–Kier alpha value is -2.22. The number of imidazole rings is 1. The molecular weight excluding hydrogens is 358 g/mol. The van der Waals surface area contributed by atoms with Crippen LogP contribution in [0.25, 0.3) is 16.2 Å². The summed E-state index contributed by atoms with van der Waals surface area (Å²) in [6.45, 7) is 5.84. The van der Waals surface area contributed by atoms with Crippen LogP contribution in [0.15, 0.2) is 35.8 Å². The van der Waals surface area contributed by atoms with E-state index in [9.17, 15) is 4.79 Å². The normalized spacial score (nSPS) is 16.1. The van der Waals surface area contributed by atoms with Crippen LogP contribution in [0.3, 0.4) is 0 Å². The highest BCUT2D eigenvalue weighted by Gasteiger charge is 2.17. The summed E-state index contributed by atoms with van der Waals surface area (Å²) in [5.41, 5.74) is 7.39. The number of nitrogens with zero attached hydrogens (tertiary/aromatic N) is 4. The number of hydrazine groups is 1. The van der Waals surface area contributed by atoms with E-state index < -0.39 is 0 Å². The number of benzene rings is 1. The number of amides is 1. The summed E-state index contributed by atoms with van der Waals surface area (Å²) >= 11 is 1.58. The zero-order valence-corrected chi connectivity index (χ0v) is 16.6. The maximum atomic E-state index is 12.5. The molecule has 4 rings (SSSR count). The number of aryl methyl sites for hydroxylation is 1. The first-order chi connectivity index (χ1) is 13.1. The van der Waals surface area contributed by atoms with Gasteiger partial charge in [0.2, 0.25) is 5.91 Å². The molecule has 142 valence electrons. The maximum absolute atomic E-state index is 12.5. The Morgan fingerprint density at radius 1 is 1.19 bits per heavy atom. The molecule has 1 aliphatic rings. The fourth-order valence-electron chi connectivity index (χ4n) is 3.31. The number of fused-ring (bicyclic) bond motifs is 1. The fourth-order valence-corrected chi connectivity index (χ4v) is 4.18. The first kappa shape index (κ1) is 18.2. The molecule has 1 aromatic carbocycles. The van der Waals surface area contributed by atoms with Gasteiger partial charge in [-0.25, -0.2) is 9.99 Å². The Bertz CT molecular complexity index is 922. The average Bonchev–Trinajstić information content (AvgIpc) is 3.26. The minimum Gasteiger partial charge on any atom is -0.304 e. The van der Waals surface area contributed by atoms with Gasteiger partial charge in [-0.2, -0.15) is 0 Å². The van der Waals surface area contributed by atoms with E-state index in [-0.39, 0.29) is 5.91 Å². The Morgan fingerprint density at radius 2 is 1.93 bits per heavy atom. The number of carbonyl (C=O) groups excluding carboxylic acids is 1. The van der Waals surface area contributed by atoms with Crippen LogP contribution >= 0.6 is 11.3 Å². The van der Waals surface area contributed by atoms with Crippen molar-refractivity contribution < 1.29 is 4.79 Å². The number of nitrogens with one attached hydrogen (secondary N) is 1. The monoisotopic (exact) mass is 383 g/mol. The van der Waals surface area contributed by atoms with Gasteiger partial charge in [0.1, 0.15) is 0 Å². The van der Waals surface area contributed by atoms with Crippen molar-refractivity contribution in [3.63, 3.8) is 0 Å². The summed E-state index contributed by atoms with van der Waals surface area (Å²) in [5, 5.41) is 4.04. The summed E-state index contributed by atoms with van der Waals surface area (Å²) in [6, 6.07) is 8.52. The lowest BCUT2D eigenvalue weighted by molar-refractivity contribution is -0.126. The SMILES string of the molecule is CCc1ccc(-c2cn3c(CC(=O)NN4CCN(C)CC4)csc3n2)cc1. The lowest BCUT2D eigenvalue weighted by atomic mass is 10.1. The molecule has 1 N–H and O–H groups in total. The zero-order chi connectivity index (χ0) is 18.8. The highest BCUT2D eigenvalue weighted by Crippen LogP contribution is 2.24. The minimum atomic E-state index is 0.0294. The molecule has 27 heavy (non-hydrogen) atoms. The molecule has 3 aromatic rings. The second-order valence-corrected chi connectivity index (χ2v) is 7.89.